The molecule has 4 rings (SSSR count). The Bertz CT molecular complexity index is 1090. The van der Waals surface area contributed by atoms with Gasteiger partial charge in [0.25, 0.3) is 0 Å². The largest absolute Gasteiger partial charge is 0.497 e. The minimum absolute atomic E-state index is 0.534. The quantitative estimate of drug-likeness (QED) is 0.655. The number of aromatic nitrogens is 2. The number of anilines is 3. The summed E-state index contributed by atoms with van der Waals surface area (Å²) in [6.07, 6.45) is 0.719. The smallest absolute Gasteiger partial charge is 0.229 e. The highest BCUT2D eigenvalue weighted by molar-refractivity contribution is 6.09. The first kappa shape index (κ1) is 18.7. The van der Waals surface area contributed by atoms with E-state index in [1.54, 1.807) is 14.2 Å². The van der Waals surface area contributed by atoms with Crippen LogP contribution >= 0.6 is 0 Å². The third-order valence-electron chi connectivity index (χ3n) is 4.78. The normalized spacial score (nSPS) is 12.2. The first-order chi connectivity index (χ1) is 14.1. The second-order valence-electron chi connectivity index (χ2n) is 6.74. The molecule has 0 saturated carbocycles. The summed E-state index contributed by atoms with van der Waals surface area (Å²) in [4.78, 5) is 13.7. The second kappa shape index (κ2) is 7.79. The Kier molecular flexibility index (Phi) is 5.03. The maximum atomic E-state index is 5.59. The van der Waals surface area contributed by atoms with Crippen molar-refractivity contribution in [2.45, 2.75) is 13.3 Å². The Morgan fingerprint density at radius 1 is 0.966 bits per heavy atom. The number of nitrogens with zero attached hydrogens (tertiary/aromatic N) is 3. The minimum Gasteiger partial charge on any atom is -0.497 e. The molecule has 0 radical (unpaired) electrons. The van der Waals surface area contributed by atoms with Gasteiger partial charge in [-0.3, -0.25) is 4.99 Å². The van der Waals surface area contributed by atoms with Crippen LogP contribution in [0.15, 0.2) is 47.5 Å². The van der Waals surface area contributed by atoms with Crippen molar-refractivity contribution in [3.8, 4) is 11.5 Å². The first-order valence-corrected chi connectivity index (χ1v) is 9.33. The number of hydrogen-bond donors (Lipinski definition) is 2. The number of methoxy groups -OCH3 is 2. The molecule has 0 bridgehead atoms. The van der Waals surface area contributed by atoms with Crippen molar-refractivity contribution >= 4 is 28.9 Å². The number of fused-ring (bicyclic) bond motifs is 1. The van der Waals surface area contributed by atoms with Crippen molar-refractivity contribution in [2.75, 3.05) is 31.9 Å². The number of ether oxygens (including phenoxy) is 2. The van der Waals surface area contributed by atoms with Crippen LogP contribution in [-0.4, -0.2) is 36.9 Å². The number of hydrogen-bond acceptors (Lipinski definition) is 7. The van der Waals surface area contributed by atoms with Gasteiger partial charge in [0.15, 0.2) is 0 Å². The van der Waals surface area contributed by atoms with Crippen molar-refractivity contribution < 1.29 is 9.47 Å². The maximum Gasteiger partial charge on any atom is 0.229 e. The fourth-order valence-electron chi connectivity index (χ4n) is 3.35. The van der Waals surface area contributed by atoms with E-state index in [0.29, 0.717) is 5.95 Å². The molecule has 2 heterocycles. The third kappa shape index (κ3) is 3.85. The Hall–Kier alpha value is -3.61. The number of benzene rings is 2. The lowest BCUT2D eigenvalue weighted by Crippen LogP contribution is -2.06. The highest BCUT2D eigenvalue weighted by Gasteiger charge is 2.20. The van der Waals surface area contributed by atoms with Crippen LogP contribution in [0.1, 0.15) is 16.8 Å². The maximum absolute atomic E-state index is 5.59. The van der Waals surface area contributed by atoms with Crippen LogP contribution in [0.5, 0.6) is 11.5 Å². The Balaban J connectivity index is 1.66. The third-order valence-corrected chi connectivity index (χ3v) is 4.78. The standard InChI is InChI=1S/C22H23N5O2/c1-13-9-21(23-2)27-22(24-13)25-15-5-8-20(29-4)17(12-15)19-11-14-10-16(28-3)6-7-18(14)26-19/h5-10,12H,11H2,1-4H3,(H2,23,24,25,27). The van der Waals surface area contributed by atoms with Crippen molar-refractivity contribution in [3.63, 3.8) is 0 Å². The zero-order valence-corrected chi connectivity index (χ0v) is 16.9. The average molecular weight is 389 g/mol. The molecular weight excluding hydrogens is 366 g/mol. The van der Waals surface area contributed by atoms with E-state index in [4.69, 9.17) is 14.5 Å². The van der Waals surface area contributed by atoms with Crippen molar-refractivity contribution in [2.24, 2.45) is 4.99 Å². The van der Waals surface area contributed by atoms with Gasteiger partial charge in [0.05, 0.1) is 25.6 Å². The molecule has 3 aromatic rings. The van der Waals surface area contributed by atoms with E-state index in [1.807, 2.05) is 56.4 Å². The number of nitrogens with one attached hydrogen (secondary N) is 2. The molecule has 1 aliphatic heterocycles. The van der Waals surface area contributed by atoms with Gasteiger partial charge in [-0.25, -0.2) is 4.98 Å². The summed E-state index contributed by atoms with van der Waals surface area (Å²) in [5.41, 5.74) is 5.74. The minimum atomic E-state index is 0.534. The van der Waals surface area contributed by atoms with E-state index in [1.165, 1.54) is 0 Å². The molecule has 2 N–H and O–H groups in total. The monoisotopic (exact) mass is 389 g/mol. The second-order valence-corrected chi connectivity index (χ2v) is 6.74. The molecule has 0 spiro atoms. The summed E-state index contributed by atoms with van der Waals surface area (Å²) in [7, 11) is 5.17. The van der Waals surface area contributed by atoms with Crippen molar-refractivity contribution in [3.05, 3.63) is 59.3 Å². The van der Waals surface area contributed by atoms with E-state index in [0.717, 1.165) is 57.6 Å². The number of rotatable bonds is 6. The Labute approximate surface area is 169 Å². The summed E-state index contributed by atoms with van der Waals surface area (Å²) >= 11 is 0. The van der Waals surface area contributed by atoms with Crippen LogP contribution in [0.4, 0.5) is 23.1 Å². The fraction of sp³-hybridized carbons (Fsp3) is 0.227. The van der Waals surface area contributed by atoms with Gasteiger partial charge in [0, 0.05) is 36.5 Å². The zero-order chi connectivity index (χ0) is 20.4. The topological polar surface area (TPSA) is 80.7 Å². The van der Waals surface area contributed by atoms with E-state index < -0.39 is 0 Å². The zero-order valence-electron chi connectivity index (χ0n) is 16.9. The van der Waals surface area contributed by atoms with Crippen LogP contribution in [0, 0.1) is 6.92 Å². The van der Waals surface area contributed by atoms with Crippen LogP contribution in [0.2, 0.25) is 0 Å². The van der Waals surface area contributed by atoms with Crippen LogP contribution in [0.3, 0.4) is 0 Å². The molecular formula is C22H23N5O2. The summed E-state index contributed by atoms with van der Waals surface area (Å²) in [5, 5.41) is 6.33. The summed E-state index contributed by atoms with van der Waals surface area (Å²) in [6.45, 7) is 1.94. The van der Waals surface area contributed by atoms with Crippen LogP contribution < -0.4 is 20.1 Å². The number of aliphatic imine (C=N–C) groups is 1. The molecule has 0 atom stereocenters. The van der Waals surface area contributed by atoms with Gasteiger partial charge >= 0.3 is 0 Å². The average Bonchev–Trinajstić information content (AvgIpc) is 3.16. The first-order valence-electron chi connectivity index (χ1n) is 9.33. The van der Waals surface area contributed by atoms with E-state index in [9.17, 15) is 0 Å². The Morgan fingerprint density at radius 3 is 2.59 bits per heavy atom. The van der Waals surface area contributed by atoms with Gasteiger partial charge < -0.3 is 20.1 Å². The molecule has 148 valence electrons. The number of aryl methyl sites for hydroxylation is 1. The van der Waals surface area contributed by atoms with Gasteiger partial charge in [0.1, 0.15) is 17.3 Å². The molecule has 1 aliphatic rings. The van der Waals surface area contributed by atoms with E-state index in [2.05, 4.69) is 20.6 Å². The molecule has 0 aliphatic carbocycles. The molecule has 7 nitrogen and oxygen atoms in total. The van der Waals surface area contributed by atoms with Gasteiger partial charge in [-0.05, 0) is 48.9 Å². The highest BCUT2D eigenvalue weighted by Crippen LogP contribution is 2.35. The van der Waals surface area contributed by atoms with Gasteiger partial charge in [-0.15, -0.1) is 0 Å². The van der Waals surface area contributed by atoms with E-state index in [-0.39, 0.29) is 0 Å². The molecule has 0 amide bonds. The predicted octanol–water partition coefficient (Wildman–Crippen LogP) is 4.26. The molecule has 0 unspecified atom stereocenters. The van der Waals surface area contributed by atoms with Gasteiger partial charge in [0.2, 0.25) is 5.95 Å². The predicted molar refractivity (Wildman–Crippen MR) is 115 cm³/mol. The van der Waals surface area contributed by atoms with Crippen molar-refractivity contribution in [1.82, 2.24) is 9.97 Å². The fourth-order valence-corrected chi connectivity index (χ4v) is 3.35. The van der Waals surface area contributed by atoms with Gasteiger partial charge in [-0.2, -0.15) is 4.98 Å². The highest BCUT2D eigenvalue weighted by atomic mass is 16.5. The lowest BCUT2D eigenvalue weighted by atomic mass is 10.0. The molecule has 7 heteroatoms. The molecule has 2 aromatic carbocycles. The summed E-state index contributed by atoms with van der Waals surface area (Å²) in [5.74, 6) is 2.90. The van der Waals surface area contributed by atoms with Crippen LogP contribution in [-0.2, 0) is 6.42 Å². The Morgan fingerprint density at radius 2 is 1.83 bits per heavy atom. The lowest BCUT2D eigenvalue weighted by Gasteiger charge is -2.12. The van der Waals surface area contributed by atoms with Gasteiger partial charge in [-0.1, -0.05) is 0 Å². The molecule has 29 heavy (non-hydrogen) atoms. The SMILES string of the molecule is CNc1cc(C)nc(Nc2ccc(OC)c(C3=Nc4ccc(OC)cc4C3)c2)n1. The molecule has 1 aromatic heterocycles. The van der Waals surface area contributed by atoms with Crippen LogP contribution in [0.25, 0.3) is 0 Å². The van der Waals surface area contributed by atoms with E-state index >= 15 is 0 Å². The summed E-state index contributed by atoms with van der Waals surface area (Å²) < 4.78 is 10.9. The molecule has 0 saturated heterocycles. The summed E-state index contributed by atoms with van der Waals surface area (Å²) in [6, 6.07) is 13.7. The molecule has 0 fully saturated rings. The van der Waals surface area contributed by atoms with Crippen molar-refractivity contribution in [1.29, 1.82) is 0 Å². The lowest BCUT2D eigenvalue weighted by molar-refractivity contribution is 0.414.